The molecule has 1 N–H and O–H groups in total. The Morgan fingerprint density at radius 3 is 2.40 bits per heavy atom. The Balaban J connectivity index is 1.72. The Morgan fingerprint density at radius 2 is 1.68 bits per heavy atom. The van der Waals surface area contributed by atoms with Crippen LogP contribution in [0.3, 0.4) is 0 Å². The maximum atomic E-state index is 12.4. The molecule has 3 aromatic rings. The molecular weight excluding hydrogens is 342 g/mol. The first-order valence-corrected chi connectivity index (χ1v) is 9.21. The summed E-state index contributed by atoms with van der Waals surface area (Å²) in [6.45, 7) is 0.359. The van der Waals surface area contributed by atoms with Crippen molar-refractivity contribution in [2.24, 2.45) is 14.1 Å². The molecule has 7 nitrogen and oxygen atoms in total. The predicted octanol–water partition coefficient (Wildman–Crippen LogP) is 1.23. The molecular formula is C17H19N3O4S. The molecule has 0 aliphatic carbocycles. The molecule has 1 heterocycles. The number of nitrogens with one attached hydrogen (secondary N) is 1. The first-order valence-electron chi connectivity index (χ1n) is 7.73. The smallest absolute Gasteiger partial charge is 0.328 e. The van der Waals surface area contributed by atoms with Gasteiger partial charge in [-0.2, -0.15) is 0 Å². The Bertz CT molecular complexity index is 1050. The van der Waals surface area contributed by atoms with Gasteiger partial charge in [-0.3, -0.25) is 9.13 Å². The molecule has 0 saturated heterocycles. The van der Waals surface area contributed by atoms with Gasteiger partial charge in [0, 0.05) is 20.6 Å². The van der Waals surface area contributed by atoms with Gasteiger partial charge in [-0.25, -0.2) is 17.9 Å². The Hall–Kier alpha value is -2.58. The minimum absolute atomic E-state index is 0.112. The summed E-state index contributed by atoms with van der Waals surface area (Å²) in [5.41, 5.74) is 1.04. The average molecular weight is 361 g/mol. The number of benzene rings is 2. The molecule has 0 spiro atoms. The zero-order valence-corrected chi connectivity index (χ0v) is 14.8. The monoisotopic (exact) mass is 361 g/mol. The maximum absolute atomic E-state index is 12.4. The second kappa shape index (κ2) is 6.73. The summed E-state index contributed by atoms with van der Waals surface area (Å²) in [7, 11) is -0.417. The quantitative estimate of drug-likeness (QED) is 0.670. The van der Waals surface area contributed by atoms with E-state index < -0.39 is 10.0 Å². The SMILES string of the molecule is Cn1c(=O)n(C)c2cc(S(=O)(=O)NCCOc3ccccc3)ccc21. The normalized spacial score (nSPS) is 11.8. The Kier molecular flexibility index (Phi) is 4.65. The second-order valence-corrected chi connectivity index (χ2v) is 7.38. The van der Waals surface area contributed by atoms with Crippen molar-refractivity contribution in [3.63, 3.8) is 0 Å². The van der Waals surface area contributed by atoms with Gasteiger partial charge >= 0.3 is 5.69 Å². The van der Waals surface area contributed by atoms with E-state index in [-0.39, 0.29) is 23.7 Å². The molecule has 0 radical (unpaired) electrons. The minimum Gasteiger partial charge on any atom is -0.492 e. The van der Waals surface area contributed by atoms with Crippen molar-refractivity contribution in [2.45, 2.75) is 4.90 Å². The third-order valence-corrected chi connectivity index (χ3v) is 5.42. The molecule has 0 fully saturated rings. The first kappa shape index (κ1) is 17.2. The summed E-state index contributed by atoms with van der Waals surface area (Å²) in [5.74, 6) is 0.683. The third-order valence-electron chi connectivity index (χ3n) is 3.96. The zero-order chi connectivity index (χ0) is 18.0. The molecule has 0 amide bonds. The number of ether oxygens (including phenoxy) is 1. The lowest BCUT2D eigenvalue weighted by atomic mass is 10.3. The molecule has 0 atom stereocenters. The second-order valence-electron chi connectivity index (χ2n) is 5.61. The number of hydrogen-bond donors (Lipinski definition) is 1. The van der Waals surface area contributed by atoms with Crippen LogP contribution in [0.5, 0.6) is 5.75 Å². The molecule has 3 rings (SSSR count). The fourth-order valence-corrected chi connectivity index (χ4v) is 3.63. The number of nitrogens with zero attached hydrogens (tertiary/aromatic N) is 2. The predicted molar refractivity (Wildman–Crippen MR) is 95.3 cm³/mol. The Labute approximate surface area is 145 Å². The number of aryl methyl sites for hydroxylation is 2. The Morgan fingerprint density at radius 1 is 1.00 bits per heavy atom. The van der Waals surface area contributed by atoms with Crippen molar-refractivity contribution >= 4 is 21.1 Å². The van der Waals surface area contributed by atoms with E-state index in [0.717, 1.165) is 0 Å². The van der Waals surface area contributed by atoms with Crippen LogP contribution in [0.25, 0.3) is 11.0 Å². The van der Waals surface area contributed by atoms with Gasteiger partial charge in [0.15, 0.2) is 0 Å². The maximum Gasteiger partial charge on any atom is 0.328 e. The van der Waals surface area contributed by atoms with Crippen molar-refractivity contribution in [3.8, 4) is 5.75 Å². The molecule has 25 heavy (non-hydrogen) atoms. The molecule has 0 aliphatic heterocycles. The number of imidazole rings is 1. The molecule has 8 heteroatoms. The van der Waals surface area contributed by atoms with E-state index in [2.05, 4.69) is 4.72 Å². The van der Waals surface area contributed by atoms with Crippen molar-refractivity contribution in [3.05, 3.63) is 59.0 Å². The van der Waals surface area contributed by atoms with E-state index in [9.17, 15) is 13.2 Å². The largest absolute Gasteiger partial charge is 0.492 e. The fraction of sp³-hybridized carbons (Fsp3) is 0.235. The van der Waals surface area contributed by atoms with Crippen LogP contribution < -0.4 is 15.1 Å². The molecule has 0 aliphatic rings. The highest BCUT2D eigenvalue weighted by Gasteiger charge is 2.16. The number of hydrogen-bond acceptors (Lipinski definition) is 4. The van der Waals surface area contributed by atoms with Gasteiger partial charge in [-0.1, -0.05) is 18.2 Å². The van der Waals surface area contributed by atoms with Gasteiger partial charge in [-0.15, -0.1) is 0 Å². The van der Waals surface area contributed by atoms with Crippen LogP contribution in [0.15, 0.2) is 58.2 Å². The summed E-state index contributed by atoms with van der Waals surface area (Å²) >= 11 is 0. The number of aromatic nitrogens is 2. The standard InChI is InChI=1S/C17H19N3O4S/c1-19-15-9-8-14(12-16(15)20(2)17(19)21)25(22,23)18-10-11-24-13-6-4-3-5-7-13/h3-9,12,18H,10-11H2,1-2H3. The molecule has 1 aromatic heterocycles. The van der Waals surface area contributed by atoms with Crippen molar-refractivity contribution in [2.75, 3.05) is 13.2 Å². The van der Waals surface area contributed by atoms with E-state index in [4.69, 9.17) is 4.74 Å². The van der Waals surface area contributed by atoms with Crippen LogP contribution in [0.1, 0.15) is 0 Å². The van der Waals surface area contributed by atoms with E-state index in [1.807, 2.05) is 18.2 Å². The van der Waals surface area contributed by atoms with Crippen molar-refractivity contribution in [1.29, 1.82) is 0 Å². The molecule has 2 aromatic carbocycles. The van der Waals surface area contributed by atoms with Crippen LogP contribution in [0, 0.1) is 0 Å². The van der Waals surface area contributed by atoms with Crippen LogP contribution in [0.2, 0.25) is 0 Å². The van der Waals surface area contributed by atoms with E-state index >= 15 is 0 Å². The van der Waals surface area contributed by atoms with E-state index in [1.54, 1.807) is 32.3 Å². The lowest BCUT2D eigenvalue weighted by molar-refractivity contribution is 0.323. The van der Waals surface area contributed by atoms with Gasteiger partial charge in [0.1, 0.15) is 12.4 Å². The summed E-state index contributed by atoms with van der Waals surface area (Å²) in [5, 5.41) is 0. The molecule has 0 saturated carbocycles. The first-order chi connectivity index (χ1) is 11.9. The molecule has 0 bridgehead atoms. The highest BCUT2D eigenvalue weighted by atomic mass is 32.2. The lowest BCUT2D eigenvalue weighted by Gasteiger charge is -2.09. The fourth-order valence-electron chi connectivity index (χ4n) is 2.60. The van der Waals surface area contributed by atoms with Crippen LogP contribution in [-0.4, -0.2) is 30.7 Å². The summed E-state index contributed by atoms with van der Waals surface area (Å²) in [6, 6.07) is 13.8. The lowest BCUT2D eigenvalue weighted by Crippen LogP contribution is -2.28. The number of para-hydroxylation sites is 1. The highest BCUT2D eigenvalue weighted by Crippen LogP contribution is 2.17. The average Bonchev–Trinajstić information content (AvgIpc) is 2.84. The third kappa shape index (κ3) is 3.45. The van der Waals surface area contributed by atoms with Crippen LogP contribution in [-0.2, 0) is 24.1 Å². The number of rotatable bonds is 6. The summed E-state index contributed by atoms with van der Waals surface area (Å²) in [6.07, 6.45) is 0. The molecule has 0 unspecified atom stereocenters. The summed E-state index contributed by atoms with van der Waals surface area (Å²) < 4.78 is 35.7. The van der Waals surface area contributed by atoms with Gasteiger partial charge in [0.25, 0.3) is 0 Å². The van der Waals surface area contributed by atoms with Gasteiger partial charge < -0.3 is 4.74 Å². The number of fused-ring (bicyclic) bond motifs is 1. The van der Waals surface area contributed by atoms with E-state index in [0.29, 0.717) is 16.8 Å². The number of sulfonamides is 1. The highest BCUT2D eigenvalue weighted by molar-refractivity contribution is 7.89. The van der Waals surface area contributed by atoms with E-state index in [1.165, 1.54) is 21.3 Å². The topological polar surface area (TPSA) is 82.3 Å². The van der Waals surface area contributed by atoms with Gasteiger partial charge in [-0.05, 0) is 30.3 Å². The van der Waals surface area contributed by atoms with Crippen molar-refractivity contribution < 1.29 is 13.2 Å². The minimum atomic E-state index is -3.68. The molecule has 132 valence electrons. The zero-order valence-electron chi connectivity index (χ0n) is 14.0. The van der Waals surface area contributed by atoms with Crippen LogP contribution in [0.4, 0.5) is 0 Å². The summed E-state index contributed by atoms with van der Waals surface area (Å²) in [4.78, 5) is 12.1. The van der Waals surface area contributed by atoms with Crippen molar-refractivity contribution in [1.82, 2.24) is 13.9 Å². The van der Waals surface area contributed by atoms with Gasteiger partial charge in [0.05, 0.1) is 15.9 Å². The van der Waals surface area contributed by atoms with Crippen LogP contribution >= 0.6 is 0 Å². The van der Waals surface area contributed by atoms with Gasteiger partial charge in [0.2, 0.25) is 10.0 Å².